The third-order valence-corrected chi connectivity index (χ3v) is 0. The molecule has 0 fully saturated rings. The number of hydrogen-bond acceptors (Lipinski definition) is 2. The first-order chi connectivity index (χ1) is 1.41. The van der Waals surface area contributed by atoms with Crippen molar-refractivity contribution in [1.29, 1.82) is 5.26 Å². The summed E-state index contributed by atoms with van der Waals surface area (Å²) in [6.45, 7) is 0. The Morgan fingerprint density at radius 2 is 1.60 bits per heavy atom. The van der Waals surface area contributed by atoms with Gasteiger partial charge < -0.3 is 12.6 Å². The Bertz CT molecular complexity index is 31.1. The van der Waals surface area contributed by atoms with Crippen molar-refractivity contribution in [2.45, 2.75) is 0 Å². The van der Waals surface area contributed by atoms with Crippen molar-refractivity contribution in [3.8, 4) is 5.40 Å². The fraction of sp³-hybridized carbons (Fsp3) is 0. The summed E-state index contributed by atoms with van der Waals surface area (Å²) in [6, 6.07) is 0. The summed E-state index contributed by atoms with van der Waals surface area (Å²) < 4.78 is 0. The molecule has 0 atom stereocenters. The standard InChI is InChI=1S/CHNS.2K/c2-1-3;;/h3H;;/q;;+1/p-1. The molecule has 0 aliphatic heterocycles. The molecule has 0 aromatic carbocycles. The van der Waals surface area contributed by atoms with Crippen LogP contribution in [-0.4, -0.2) is 51.4 Å². The molecule has 0 heterocycles. The third kappa shape index (κ3) is 19.5. The molecule has 0 bridgehead atoms. The SMILES string of the molecule is N#C[S-].[K+].[K]. The average molecular weight is 136 g/mol. The summed E-state index contributed by atoms with van der Waals surface area (Å²) >= 11 is 3.70. The Balaban J connectivity index is -0.0000000200. The Labute approximate surface area is 122 Å². The number of nitrogens with zero attached hydrogens (tertiary/aromatic N) is 1. The molecule has 0 N–H and O–H groups in total. The Hall–Kier alpha value is 2.98. The molecule has 1 radical (unpaired) electrons. The molecule has 0 rings (SSSR count). The van der Waals surface area contributed by atoms with Gasteiger partial charge in [0, 0.05) is 51.4 Å². The maximum atomic E-state index is 7.13. The minimum absolute atomic E-state index is 0. The summed E-state index contributed by atoms with van der Waals surface area (Å²) in [5, 5.41) is 8.47. The van der Waals surface area contributed by atoms with Crippen molar-refractivity contribution < 1.29 is 51.4 Å². The van der Waals surface area contributed by atoms with Gasteiger partial charge in [0.05, 0.1) is 0 Å². The van der Waals surface area contributed by atoms with Gasteiger partial charge in [-0.2, -0.15) is 0 Å². The number of rotatable bonds is 0. The second-order valence-electron chi connectivity index (χ2n) is 0.0913. The van der Waals surface area contributed by atoms with E-state index in [1.807, 2.05) is 0 Å². The molecule has 0 amide bonds. The summed E-state index contributed by atoms with van der Waals surface area (Å²) in [5.74, 6) is 0. The van der Waals surface area contributed by atoms with Gasteiger partial charge in [0.1, 0.15) is 0 Å². The van der Waals surface area contributed by atoms with E-state index in [1.54, 1.807) is 0 Å². The molecule has 0 aliphatic rings. The molecule has 0 saturated heterocycles. The molecule has 0 aromatic heterocycles. The largest absolute Gasteiger partial charge is 1.00 e. The van der Waals surface area contributed by atoms with E-state index in [-0.39, 0.29) is 103 Å². The summed E-state index contributed by atoms with van der Waals surface area (Å²) in [4.78, 5) is 0. The van der Waals surface area contributed by atoms with Crippen LogP contribution in [0.15, 0.2) is 0 Å². The zero-order valence-electron chi connectivity index (χ0n) is 3.36. The minimum atomic E-state index is 0. The van der Waals surface area contributed by atoms with Crippen molar-refractivity contribution >= 4 is 64.0 Å². The maximum absolute atomic E-state index is 7.13. The quantitative estimate of drug-likeness (QED) is 0.197. The molecule has 0 aliphatic carbocycles. The van der Waals surface area contributed by atoms with E-state index in [0.29, 0.717) is 0 Å². The summed E-state index contributed by atoms with van der Waals surface area (Å²) in [6.07, 6.45) is 0. The van der Waals surface area contributed by atoms with Crippen LogP contribution in [0.25, 0.3) is 0 Å². The Kier molecular flexibility index (Phi) is 49.4. The van der Waals surface area contributed by atoms with E-state index in [2.05, 4.69) is 12.6 Å². The topological polar surface area (TPSA) is 23.8 Å². The van der Waals surface area contributed by atoms with Crippen LogP contribution < -0.4 is 51.4 Å². The second-order valence-corrected chi connectivity index (χ2v) is 0.274. The minimum Gasteiger partial charge on any atom is -0.696 e. The Morgan fingerprint density at radius 3 is 1.60 bits per heavy atom. The van der Waals surface area contributed by atoms with E-state index in [1.165, 1.54) is 5.40 Å². The fourth-order valence-corrected chi connectivity index (χ4v) is 0. The Morgan fingerprint density at radius 1 is 1.60 bits per heavy atom. The van der Waals surface area contributed by atoms with Gasteiger partial charge in [0.25, 0.3) is 0 Å². The van der Waals surface area contributed by atoms with Crippen LogP contribution >= 0.6 is 0 Å². The first kappa shape index (κ1) is 15.7. The fourth-order valence-electron chi connectivity index (χ4n) is 0. The predicted molar refractivity (Wildman–Crippen MR) is 18.7 cm³/mol. The van der Waals surface area contributed by atoms with Gasteiger partial charge in [-0.1, -0.05) is 5.40 Å². The van der Waals surface area contributed by atoms with Gasteiger partial charge in [-0.3, -0.25) is 0 Å². The second kappa shape index (κ2) is 15.8. The summed E-state index contributed by atoms with van der Waals surface area (Å²) in [5.41, 5.74) is 0. The van der Waals surface area contributed by atoms with Gasteiger partial charge >= 0.3 is 51.4 Å². The van der Waals surface area contributed by atoms with Crippen molar-refractivity contribution in [3.63, 3.8) is 0 Å². The van der Waals surface area contributed by atoms with Crippen molar-refractivity contribution in [2.24, 2.45) is 0 Å². The molecule has 4 heteroatoms. The van der Waals surface area contributed by atoms with Crippen LogP contribution in [-0.2, 0) is 12.6 Å². The van der Waals surface area contributed by atoms with Crippen LogP contribution in [0, 0.1) is 10.7 Å². The van der Waals surface area contributed by atoms with Crippen LogP contribution in [0.5, 0.6) is 0 Å². The van der Waals surface area contributed by atoms with E-state index < -0.39 is 0 Å². The zero-order chi connectivity index (χ0) is 2.71. The molecule has 0 aromatic rings. The smallest absolute Gasteiger partial charge is 0.696 e. The van der Waals surface area contributed by atoms with Gasteiger partial charge in [0.15, 0.2) is 0 Å². The molecular weight excluding hydrogens is 136 g/mol. The van der Waals surface area contributed by atoms with Crippen LogP contribution in [0.3, 0.4) is 0 Å². The van der Waals surface area contributed by atoms with E-state index in [9.17, 15) is 0 Å². The first-order valence-corrected chi connectivity index (χ1v) is 0.836. The van der Waals surface area contributed by atoms with Gasteiger partial charge in [-0.05, 0) is 0 Å². The monoisotopic (exact) mass is 136 g/mol. The molecule has 0 unspecified atom stereocenters. The van der Waals surface area contributed by atoms with Gasteiger partial charge in [0.2, 0.25) is 0 Å². The molecule has 0 spiro atoms. The van der Waals surface area contributed by atoms with Crippen molar-refractivity contribution in [1.82, 2.24) is 0 Å². The molecule has 0 saturated carbocycles. The molecule has 17 valence electrons. The van der Waals surface area contributed by atoms with Gasteiger partial charge in [-0.25, -0.2) is 5.26 Å². The normalized spacial score (nSPS) is 1.40. The van der Waals surface area contributed by atoms with Crippen molar-refractivity contribution in [2.75, 3.05) is 0 Å². The van der Waals surface area contributed by atoms with Crippen molar-refractivity contribution in [3.05, 3.63) is 0 Å². The maximum Gasteiger partial charge on any atom is 1.00 e. The van der Waals surface area contributed by atoms with Crippen LogP contribution in [0.1, 0.15) is 0 Å². The number of nitriles is 1. The number of hydrogen-bond donors (Lipinski definition) is 0. The van der Waals surface area contributed by atoms with E-state index >= 15 is 0 Å². The molecular formula is CK2NS. The molecule has 5 heavy (non-hydrogen) atoms. The van der Waals surface area contributed by atoms with Crippen LogP contribution in [0.4, 0.5) is 0 Å². The van der Waals surface area contributed by atoms with Crippen LogP contribution in [0.2, 0.25) is 0 Å². The van der Waals surface area contributed by atoms with E-state index in [0.717, 1.165) is 0 Å². The third-order valence-electron chi connectivity index (χ3n) is 0. The first-order valence-electron chi connectivity index (χ1n) is 0.428. The summed E-state index contributed by atoms with van der Waals surface area (Å²) in [7, 11) is 0. The number of thiocyanates is 1. The van der Waals surface area contributed by atoms with Gasteiger partial charge in [-0.15, -0.1) is 0 Å². The average Bonchev–Trinajstić information content (AvgIpc) is 0.918. The zero-order valence-corrected chi connectivity index (χ0v) is 10.4. The van der Waals surface area contributed by atoms with E-state index in [4.69, 9.17) is 5.26 Å². The molecule has 1 nitrogen and oxygen atoms in total. The predicted octanol–water partition coefficient (Wildman–Crippen LogP) is -3.36.